The molecule has 1 heterocycles. The number of allylic oxidation sites excluding steroid dienone is 1. The van der Waals surface area contributed by atoms with Crippen LogP contribution >= 0.6 is 0 Å². The first-order chi connectivity index (χ1) is 10.7. The summed E-state index contributed by atoms with van der Waals surface area (Å²) in [5.74, 6) is -1.04. The molecule has 2 rings (SSSR count). The lowest BCUT2D eigenvalue weighted by Crippen LogP contribution is -2.21. The van der Waals surface area contributed by atoms with Crippen molar-refractivity contribution in [2.24, 2.45) is 0 Å². The number of aryl methyl sites for hydroxylation is 2. The van der Waals surface area contributed by atoms with Crippen molar-refractivity contribution in [1.82, 2.24) is 4.98 Å². The zero-order chi connectivity index (χ0) is 17.2. The van der Waals surface area contributed by atoms with Gasteiger partial charge in [-0.25, -0.2) is 4.79 Å². The summed E-state index contributed by atoms with van der Waals surface area (Å²) in [6.07, 6.45) is -4.27. The van der Waals surface area contributed by atoms with Crippen molar-refractivity contribution in [3.8, 4) is 0 Å². The van der Waals surface area contributed by atoms with E-state index in [1.807, 2.05) is 13.0 Å². The average Bonchev–Trinajstić information content (AvgIpc) is 2.76. The van der Waals surface area contributed by atoms with Crippen molar-refractivity contribution in [3.63, 3.8) is 0 Å². The maximum atomic E-state index is 13.1. The molecule has 0 atom stereocenters. The third-order valence-corrected chi connectivity index (χ3v) is 3.22. The first kappa shape index (κ1) is 16.9. The number of fused-ring (bicyclic) bond motifs is 1. The Bertz CT molecular complexity index is 761. The van der Waals surface area contributed by atoms with Crippen LogP contribution in [-0.2, 0) is 9.53 Å². The number of aromatic nitrogens is 1. The Balaban J connectivity index is 2.39. The molecule has 0 aliphatic heterocycles. The van der Waals surface area contributed by atoms with E-state index in [9.17, 15) is 18.0 Å². The predicted molar refractivity (Wildman–Crippen MR) is 82.2 cm³/mol. The minimum Gasteiger partial charge on any atom is -0.463 e. The SMILES string of the molecule is CCOC(=O)/C=C(\Nc1cc2[nH]c(C)cc2cc1C)C(F)(F)F. The smallest absolute Gasteiger partial charge is 0.431 e. The number of aromatic amines is 1. The van der Waals surface area contributed by atoms with Crippen LogP contribution in [0.25, 0.3) is 10.9 Å². The summed E-state index contributed by atoms with van der Waals surface area (Å²) in [6.45, 7) is 5.10. The van der Waals surface area contributed by atoms with E-state index in [-0.39, 0.29) is 12.3 Å². The average molecular weight is 326 g/mol. The molecule has 0 fully saturated rings. The van der Waals surface area contributed by atoms with Gasteiger partial charge in [0.2, 0.25) is 0 Å². The highest BCUT2D eigenvalue weighted by atomic mass is 19.4. The second kappa shape index (κ2) is 6.36. The molecule has 0 bridgehead atoms. The Hall–Kier alpha value is -2.44. The molecule has 0 saturated carbocycles. The van der Waals surface area contributed by atoms with E-state index >= 15 is 0 Å². The number of hydrogen-bond donors (Lipinski definition) is 2. The molecule has 1 aromatic carbocycles. The minimum atomic E-state index is -4.69. The lowest BCUT2D eigenvalue weighted by atomic mass is 10.1. The Morgan fingerprint density at radius 1 is 1.30 bits per heavy atom. The van der Waals surface area contributed by atoms with Gasteiger partial charge in [0.25, 0.3) is 0 Å². The number of rotatable bonds is 4. The number of benzene rings is 1. The monoisotopic (exact) mass is 326 g/mol. The van der Waals surface area contributed by atoms with E-state index in [2.05, 4.69) is 15.0 Å². The number of ether oxygens (including phenoxy) is 1. The van der Waals surface area contributed by atoms with E-state index < -0.39 is 17.8 Å². The summed E-state index contributed by atoms with van der Waals surface area (Å²) in [5.41, 5.74) is 1.37. The number of H-pyrrole nitrogens is 1. The first-order valence-electron chi connectivity index (χ1n) is 7.03. The fourth-order valence-corrected chi connectivity index (χ4v) is 2.21. The van der Waals surface area contributed by atoms with E-state index in [1.54, 1.807) is 19.1 Å². The van der Waals surface area contributed by atoms with Crippen molar-refractivity contribution in [3.05, 3.63) is 41.2 Å². The molecule has 0 aliphatic rings. The molecule has 2 aromatic rings. The number of carbonyl (C=O) groups excluding carboxylic acids is 1. The number of alkyl halides is 3. The highest BCUT2D eigenvalue weighted by Gasteiger charge is 2.35. The van der Waals surface area contributed by atoms with Gasteiger partial charge in [-0.15, -0.1) is 0 Å². The van der Waals surface area contributed by atoms with Crippen LogP contribution in [0.5, 0.6) is 0 Å². The van der Waals surface area contributed by atoms with Crippen LogP contribution in [0.4, 0.5) is 18.9 Å². The Morgan fingerprint density at radius 2 is 2.00 bits per heavy atom. The van der Waals surface area contributed by atoms with Crippen LogP contribution in [0.15, 0.2) is 30.0 Å². The molecule has 0 amide bonds. The van der Waals surface area contributed by atoms with Gasteiger partial charge in [0.05, 0.1) is 12.7 Å². The van der Waals surface area contributed by atoms with Gasteiger partial charge < -0.3 is 15.0 Å². The Morgan fingerprint density at radius 3 is 2.61 bits per heavy atom. The van der Waals surface area contributed by atoms with Crippen LogP contribution in [0.3, 0.4) is 0 Å². The third kappa shape index (κ3) is 4.06. The number of anilines is 1. The van der Waals surface area contributed by atoms with Crippen LogP contribution in [0.1, 0.15) is 18.2 Å². The standard InChI is InChI=1S/C16H17F3N2O2/c1-4-23-15(22)8-14(16(17,18)19)21-12-7-13-11(5-9(12)2)6-10(3)20-13/h5-8,20-21H,4H2,1-3H3/b14-8-. The number of nitrogens with one attached hydrogen (secondary N) is 2. The maximum absolute atomic E-state index is 13.1. The molecular weight excluding hydrogens is 309 g/mol. The molecule has 23 heavy (non-hydrogen) atoms. The molecule has 4 nitrogen and oxygen atoms in total. The van der Waals surface area contributed by atoms with Crippen molar-refractivity contribution in [2.75, 3.05) is 11.9 Å². The second-order valence-corrected chi connectivity index (χ2v) is 5.14. The lowest BCUT2D eigenvalue weighted by molar-refractivity contribution is -0.138. The quantitative estimate of drug-likeness (QED) is 0.654. The largest absolute Gasteiger partial charge is 0.463 e. The topological polar surface area (TPSA) is 54.1 Å². The highest BCUT2D eigenvalue weighted by molar-refractivity contribution is 5.87. The molecule has 0 spiro atoms. The number of hydrogen-bond acceptors (Lipinski definition) is 3. The summed E-state index contributed by atoms with van der Waals surface area (Å²) in [5, 5.41) is 3.20. The predicted octanol–water partition coefficient (Wildman–Crippen LogP) is 4.21. The molecule has 1 aromatic heterocycles. The summed E-state index contributed by atoms with van der Waals surface area (Å²) in [6, 6.07) is 5.27. The molecule has 7 heteroatoms. The van der Waals surface area contributed by atoms with Gasteiger partial charge in [0, 0.05) is 22.3 Å². The molecule has 124 valence electrons. The van der Waals surface area contributed by atoms with Crippen LogP contribution in [0, 0.1) is 13.8 Å². The molecule has 0 unspecified atom stereocenters. The number of halogens is 3. The van der Waals surface area contributed by atoms with Gasteiger partial charge in [-0.05, 0) is 44.5 Å². The molecular formula is C16H17F3N2O2. The second-order valence-electron chi connectivity index (χ2n) is 5.14. The minimum absolute atomic E-state index is 0.00715. The Kier molecular flexibility index (Phi) is 4.68. The zero-order valence-corrected chi connectivity index (χ0v) is 13.0. The molecule has 0 radical (unpaired) electrons. The molecule has 2 N–H and O–H groups in total. The summed E-state index contributed by atoms with van der Waals surface area (Å²) >= 11 is 0. The number of esters is 1. The summed E-state index contributed by atoms with van der Waals surface area (Å²) < 4.78 is 43.9. The first-order valence-corrected chi connectivity index (χ1v) is 7.03. The van der Waals surface area contributed by atoms with Gasteiger partial charge in [0.15, 0.2) is 0 Å². The lowest BCUT2D eigenvalue weighted by Gasteiger charge is -2.16. The normalized spacial score (nSPS) is 12.5. The van der Waals surface area contributed by atoms with E-state index in [1.165, 1.54) is 6.92 Å². The van der Waals surface area contributed by atoms with Crippen LogP contribution in [0.2, 0.25) is 0 Å². The highest BCUT2D eigenvalue weighted by Crippen LogP contribution is 2.30. The van der Waals surface area contributed by atoms with Crippen molar-refractivity contribution in [1.29, 1.82) is 0 Å². The van der Waals surface area contributed by atoms with Gasteiger partial charge >= 0.3 is 12.1 Å². The fraction of sp³-hybridized carbons (Fsp3) is 0.312. The van der Waals surface area contributed by atoms with Gasteiger partial charge in [-0.2, -0.15) is 13.2 Å². The summed E-state index contributed by atoms with van der Waals surface area (Å²) in [4.78, 5) is 14.4. The molecule has 0 aliphatic carbocycles. The van der Waals surface area contributed by atoms with Crippen molar-refractivity contribution in [2.45, 2.75) is 26.9 Å². The van der Waals surface area contributed by atoms with E-state index in [4.69, 9.17) is 0 Å². The van der Waals surface area contributed by atoms with Gasteiger partial charge in [0.1, 0.15) is 5.70 Å². The van der Waals surface area contributed by atoms with E-state index in [0.717, 1.165) is 11.1 Å². The number of carbonyl (C=O) groups is 1. The zero-order valence-electron chi connectivity index (χ0n) is 13.0. The van der Waals surface area contributed by atoms with Crippen LogP contribution < -0.4 is 5.32 Å². The van der Waals surface area contributed by atoms with E-state index in [0.29, 0.717) is 17.2 Å². The van der Waals surface area contributed by atoms with Gasteiger partial charge in [-0.3, -0.25) is 0 Å². The third-order valence-electron chi connectivity index (χ3n) is 3.22. The fourth-order valence-electron chi connectivity index (χ4n) is 2.21. The van der Waals surface area contributed by atoms with Crippen molar-refractivity contribution >= 4 is 22.6 Å². The van der Waals surface area contributed by atoms with Crippen molar-refractivity contribution < 1.29 is 22.7 Å². The van der Waals surface area contributed by atoms with Crippen LogP contribution in [-0.4, -0.2) is 23.7 Å². The maximum Gasteiger partial charge on any atom is 0.431 e. The molecule has 0 saturated heterocycles. The summed E-state index contributed by atoms with van der Waals surface area (Å²) in [7, 11) is 0. The van der Waals surface area contributed by atoms with Gasteiger partial charge in [-0.1, -0.05) is 0 Å². The Labute approximate surface area is 131 Å².